The van der Waals surface area contributed by atoms with Crippen molar-refractivity contribution < 1.29 is 9.53 Å². The number of nitrogens with one attached hydrogen (secondary N) is 2. The van der Waals surface area contributed by atoms with Gasteiger partial charge in [0, 0.05) is 31.2 Å². The standard InChI is InChI=1S/C20H28N6O2S/c1-13(2)12-28-20-18(26(3)4)24-17(11-23-20)19(27)22-10-15-9-14(7-8-21-15)25-29-16-5-6-16/h7-9,11,13,16H,5-6,10,12H2,1-4H3,(H,21,25)(H,22,27). The molecule has 0 spiro atoms. The lowest BCUT2D eigenvalue weighted by Gasteiger charge is -2.17. The molecule has 2 aromatic rings. The fraction of sp³-hybridized carbons (Fsp3) is 0.500. The molecule has 1 aliphatic carbocycles. The number of anilines is 2. The maximum Gasteiger partial charge on any atom is 0.271 e. The number of carbonyl (C=O) groups is 1. The van der Waals surface area contributed by atoms with Crippen molar-refractivity contribution in [2.45, 2.75) is 38.5 Å². The van der Waals surface area contributed by atoms with Crippen LogP contribution in [0.4, 0.5) is 11.5 Å². The Morgan fingerprint density at radius 1 is 1.34 bits per heavy atom. The first kappa shape index (κ1) is 21.2. The average Bonchev–Trinajstić information content (AvgIpc) is 3.53. The summed E-state index contributed by atoms with van der Waals surface area (Å²) in [6.45, 7) is 4.98. The van der Waals surface area contributed by atoms with Crippen molar-refractivity contribution in [2.24, 2.45) is 5.92 Å². The molecule has 0 aliphatic heterocycles. The zero-order valence-electron chi connectivity index (χ0n) is 17.3. The number of hydrogen-bond donors (Lipinski definition) is 2. The minimum absolute atomic E-state index is 0.240. The summed E-state index contributed by atoms with van der Waals surface area (Å²) in [5.74, 6) is 1.02. The van der Waals surface area contributed by atoms with Gasteiger partial charge in [0.25, 0.3) is 11.8 Å². The lowest BCUT2D eigenvalue weighted by molar-refractivity contribution is 0.0945. The second-order valence-electron chi connectivity index (χ2n) is 7.62. The quantitative estimate of drug-likeness (QED) is 0.571. The van der Waals surface area contributed by atoms with Crippen LogP contribution in [-0.4, -0.2) is 46.8 Å². The SMILES string of the molecule is CC(C)COc1ncc(C(=O)NCc2cc(NSC3CC3)ccn2)nc1N(C)C. The van der Waals surface area contributed by atoms with Crippen LogP contribution < -0.4 is 19.7 Å². The topological polar surface area (TPSA) is 92.3 Å². The van der Waals surface area contributed by atoms with Gasteiger partial charge in [-0.1, -0.05) is 13.8 Å². The van der Waals surface area contributed by atoms with Crippen LogP contribution in [0.25, 0.3) is 0 Å². The van der Waals surface area contributed by atoms with E-state index in [1.165, 1.54) is 19.0 Å². The van der Waals surface area contributed by atoms with E-state index in [-0.39, 0.29) is 11.6 Å². The predicted molar refractivity (Wildman–Crippen MR) is 116 cm³/mol. The van der Waals surface area contributed by atoms with Crippen molar-refractivity contribution in [2.75, 3.05) is 30.3 Å². The van der Waals surface area contributed by atoms with Crippen LogP contribution in [0.1, 0.15) is 42.9 Å². The van der Waals surface area contributed by atoms with Gasteiger partial charge in [-0.25, -0.2) is 9.97 Å². The van der Waals surface area contributed by atoms with Crippen molar-refractivity contribution in [3.8, 4) is 5.88 Å². The third-order valence-electron chi connectivity index (χ3n) is 4.05. The van der Waals surface area contributed by atoms with Gasteiger partial charge >= 0.3 is 0 Å². The van der Waals surface area contributed by atoms with Crippen molar-refractivity contribution in [1.29, 1.82) is 0 Å². The number of nitrogens with zero attached hydrogens (tertiary/aromatic N) is 4. The van der Waals surface area contributed by atoms with Crippen LogP contribution in [0.15, 0.2) is 24.5 Å². The maximum atomic E-state index is 12.6. The molecular formula is C20H28N6O2S. The largest absolute Gasteiger partial charge is 0.475 e. The molecular weight excluding hydrogens is 388 g/mol. The fourth-order valence-electron chi connectivity index (χ4n) is 2.35. The summed E-state index contributed by atoms with van der Waals surface area (Å²) in [4.78, 5) is 27.4. The van der Waals surface area contributed by atoms with Crippen LogP contribution >= 0.6 is 11.9 Å². The first-order valence-corrected chi connectivity index (χ1v) is 10.6. The summed E-state index contributed by atoms with van der Waals surface area (Å²) >= 11 is 1.74. The van der Waals surface area contributed by atoms with Gasteiger partial charge in [0.1, 0.15) is 5.69 Å². The first-order chi connectivity index (χ1) is 13.9. The van der Waals surface area contributed by atoms with Crippen molar-refractivity contribution in [1.82, 2.24) is 20.3 Å². The van der Waals surface area contributed by atoms with Gasteiger partial charge < -0.3 is 19.7 Å². The van der Waals surface area contributed by atoms with Crippen molar-refractivity contribution >= 4 is 29.4 Å². The number of ether oxygens (including phenoxy) is 1. The van der Waals surface area contributed by atoms with E-state index in [1.807, 2.05) is 26.2 Å². The van der Waals surface area contributed by atoms with Gasteiger partial charge in [-0.05, 0) is 42.8 Å². The molecule has 2 aromatic heterocycles. The molecule has 1 amide bonds. The Hall–Kier alpha value is -2.55. The normalized spacial score (nSPS) is 13.3. The third kappa shape index (κ3) is 6.49. The van der Waals surface area contributed by atoms with E-state index in [2.05, 4.69) is 38.8 Å². The van der Waals surface area contributed by atoms with Gasteiger partial charge in [-0.2, -0.15) is 0 Å². The summed E-state index contributed by atoms with van der Waals surface area (Å²) in [5, 5.41) is 3.57. The Morgan fingerprint density at radius 2 is 2.14 bits per heavy atom. The van der Waals surface area contributed by atoms with E-state index in [1.54, 1.807) is 23.0 Å². The molecule has 0 atom stereocenters. The maximum absolute atomic E-state index is 12.6. The molecule has 0 bridgehead atoms. The number of amides is 1. The number of rotatable bonds is 10. The van der Waals surface area contributed by atoms with Crippen molar-refractivity contribution in [3.63, 3.8) is 0 Å². The number of aromatic nitrogens is 3. The van der Waals surface area contributed by atoms with E-state index >= 15 is 0 Å². The smallest absolute Gasteiger partial charge is 0.271 e. The molecule has 2 N–H and O–H groups in total. The molecule has 3 rings (SSSR count). The van der Waals surface area contributed by atoms with Gasteiger partial charge in [-0.15, -0.1) is 0 Å². The Kier molecular flexibility index (Phi) is 7.13. The van der Waals surface area contributed by atoms with Crippen LogP contribution in [-0.2, 0) is 6.54 Å². The summed E-state index contributed by atoms with van der Waals surface area (Å²) in [6.07, 6.45) is 5.71. The van der Waals surface area contributed by atoms with Gasteiger partial charge in [-0.3, -0.25) is 9.78 Å². The lowest BCUT2D eigenvalue weighted by Crippen LogP contribution is -2.26. The highest BCUT2D eigenvalue weighted by Crippen LogP contribution is 2.34. The molecule has 29 heavy (non-hydrogen) atoms. The van der Waals surface area contributed by atoms with E-state index in [0.29, 0.717) is 36.0 Å². The minimum atomic E-state index is -0.302. The molecule has 1 fully saturated rings. The van der Waals surface area contributed by atoms with Crippen LogP contribution in [0.5, 0.6) is 5.88 Å². The zero-order valence-corrected chi connectivity index (χ0v) is 18.1. The zero-order chi connectivity index (χ0) is 20.8. The lowest BCUT2D eigenvalue weighted by atomic mass is 10.2. The van der Waals surface area contributed by atoms with Gasteiger partial charge in [0.15, 0.2) is 5.82 Å². The summed E-state index contributed by atoms with van der Waals surface area (Å²) in [7, 11) is 3.69. The second kappa shape index (κ2) is 9.78. The number of pyridine rings is 1. The average molecular weight is 417 g/mol. The third-order valence-corrected chi connectivity index (χ3v) is 5.20. The van der Waals surface area contributed by atoms with Crippen molar-refractivity contribution in [3.05, 3.63) is 35.9 Å². The molecule has 1 aliphatic rings. The summed E-state index contributed by atoms with van der Waals surface area (Å²) < 4.78 is 9.05. The van der Waals surface area contributed by atoms with Crippen LogP contribution in [0.3, 0.4) is 0 Å². The van der Waals surface area contributed by atoms with E-state index in [9.17, 15) is 4.79 Å². The monoisotopic (exact) mass is 416 g/mol. The van der Waals surface area contributed by atoms with E-state index < -0.39 is 0 Å². The van der Waals surface area contributed by atoms with Crippen LogP contribution in [0, 0.1) is 5.92 Å². The second-order valence-corrected chi connectivity index (χ2v) is 8.73. The highest BCUT2D eigenvalue weighted by molar-refractivity contribution is 8.01. The molecule has 0 saturated heterocycles. The molecule has 0 unspecified atom stereocenters. The fourth-order valence-corrected chi connectivity index (χ4v) is 3.15. The number of hydrogen-bond acceptors (Lipinski definition) is 8. The molecule has 0 radical (unpaired) electrons. The Labute approximate surface area is 176 Å². The van der Waals surface area contributed by atoms with E-state index in [4.69, 9.17) is 4.74 Å². The molecule has 9 heteroatoms. The highest BCUT2D eigenvalue weighted by atomic mass is 32.2. The summed E-state index contributed by atoms with van der Waals surface area (Å²) in [5.41, 5.74) is 2.00. The van der Waals surface area contributed by atoms with Gasteiger partial charge in [0.2, 0.25) is 0 Å². The summed E-state index contributed by atoms with van der Waals surface area (Å²) in [6, 6.07) is 3.86. The first-order valence-electron chi connectivity index (χ1n) is 9.74. The Morgan fingerprint density at radius 3 is 2.83 bits per heavy atom. The predicted octanol–water partition coefficient (Wildman–Crippen LogP) is 3.12. The van der Waals surface area contributed by atoms with E-state index in [0.717, 1.165) is 11.4 Å². The molecule has 8 nitrogen and oxygen atoms in total. The minimum Gasteiger partial charge on any atom is -0.475 e. The Bertz CT molecular complexity index is 841. The molecule has 2 heterocycles. The molecule has 1 saturated carbocycles. The molecule has 0 aromatic carbocycles. The Balaban J connectivity index is 1.61. The molecule has 156 valence electrons. The number of carbonyl (C=O) groups excluding carboxylic acids is 1. The van der Waals surface area contributed by atoms with Crippen LogP contribution in [0.2, 0.25) is 0 Å². The van der Waals surface area contributed by atoms with Gasteiger partial charge in [0.05, 0.1) is 25.0 Å². The highest BCUT2D eigenvalue weighted by Gasteiger charge is 2.22.